The average Bonchev–Trinajstić information content (AvgIpc) is 2.41. The highest BCUT2D eigenvalue weighted by Gasteiger charge is 2.43. The molecule has 5 nitrogen and oxygen atoms in total. The van der Waals surface area contributed by atoms with Crippen LogP contribution in [-0.2, 0) is 14.3 Å². The highest BCUT2D eigenvalue weighted by Crippen LogP contribution is 2.25. The molecule has 0 aliphatic carbocycles. The monoisotopic (exact) mass is 280 g/mol. The summed E-state index contributed by atoms with van der Waals surface area (Å²) in [6.45, 7) is 8.83. The number of hydrogen-bond donors (Lipinski definition) is 1. The molecule has 1 N–H and O–H groups in total. The van der Waals surface area contributed by atoms with E-state index in [9.17, 15) is 9.59 Å². The van der Waals surface area contributed by atoms with Crippen LogP contribution in [0.3, 0.4) is 0 Å². The van der Waals surface area contributed by atoms with Crippen LogP contribution in [-0.4, -0.2) is 48.1 Å². The molecule has 2 fully saturated rings. The first-order valence-corrected chi connectivity index (χ1v) is 7.36. The standard InChI is InChI=1S/C15H24N2O3/c1-4-7-20-11-5-6-17-13(9-11)14(18)16-12(15(17)19)8-10(2)3/h4,10-13H,1,5-9H2,2-3H3,(H,16,18)/t11-,12-,13+/m1/s1. The Hall–Kier alpha value is -1.36. The molecular weight excluding hydrogens is 256 g/mol. The van der Waals surface area contributed by atoms with Crippen LogP contribution in [0.25, 0.3) is 0 Å². The molecule has 2 aliphatic rings. The molecular formula is C15H24N2O3. The van der Waals surface area contributed by atoms with Gasteiger partial charge in [0.1, 0.15) is 12.1 Å². The molecule has 2 rings (SSSR count). The van der Waals surface area contributed by atoms with Crippen molar-refractivity contribution in [2.45, 2.75) is 51.3 Å². The minimum atomic E-state index is -0.366. The normalized spacial score (nSPS) is 30.1. The molecule has 2 aliphatic heterocycles. The van der Waals surface area contributed by atoms with Gasteiger partial charge in [-0.15, -0.1) is 6.58 Å². The van der Waals surface area contributed by atoms with Crippen LogP contribution in [0.4, 0.5) is 0 Å². The lowest BCUT2D eigenvalue weighted by atomic mass is 9.92. The van der Waals surface area contributed by atoms with E-state index in [2.05, 4.69) is 25.7 Å². The van der Waals surface area contributed by atoms with Crippen molar-refractivity contribution in [3.63, 3.8) is 0 Å². The molecule has 0 spiro atoms. The van der Waals surface area contributed by atoms with Gasteiger partial charge in [-0.25, -0.2) is 0 Å². The van der Waals surface area contributed by atoms with E-state index >= 15 is 0 Å². The van der Waals surface area contributed by atoms with E-state index in [0.717, 1.165) is 6.42 Å². The number of fused-ring (bicyclic) bond motifs is 1. The van der Waals surface area contributed by atoms with Gasteiger partial charge in [0.25, 0.3) is 0 Å². The number of amides is 2. The molecule has 0 bridgehead atoms. The number of rotatable bonds is 5. The van der Waals surface area contributed by atoms with E-state index in [1.54, 1.807) is 11.0 Å². The molecule has 112 valence electrons. The van der Waals surface area contributed by atoms with E-state index in [1.165, 1.54) is 0 Å². The average molecular weight is 280 g/mol. The Bertz CT molecular complexity index is 395. The topological polar surface area (TPSA) is 58.6 Å². The van der Waals surface area contributed by atoms with Gasteiger partial charge in [-0.05, 0) is 18.8 Å². The predicted molar refractivity (Wildman–Crippen MR) is 76.1 cm³/mol. The lowest BCUT2D eigenvalue weighted by molar-refractivity contribution is -0.154. The first-order chi connectivity index (χ1) is 9.52. The van der Waals surface area contributed by atoms with Crippen LogP contribution >= 0.6 is 0 Å². The number of piperidine rings is 1. The van der Waals surface area contributed by atoms with Gasteiger partial charge >= 0.3 is 0 Å². The number of hydrogen-bond acceptors (Lipinski definition) is 3. The number of piperazine rings is 1. The minimum Gasteiger partial charge on any atom is -0.374 e. The van der Waals surface area contributed by atoms with Crippen molar-refractivity contribution in [2.24, 2.45) is 5.92 Å². The minimum absolute atomic E-state index is 0.0365. The Morgan fingerprint density at radius 1 is 1.50 bits per heavy atom. The Kier molecular flexibility index (Phi) is 4.81. The summed E-state index contributed by atoms with van der Waals surface area (Å²) in [4.78, 5) is 26.4. The zero-order valence-electron chi connectivity index (χ0n) is 12.3. The SMILES string of the molecule is C=CCO[C@@H]1CCN2C(=O)[C@@H](CC(C)C)NC(=O)[C@@H]2C1. The molecule has 2 heterocycles. The molecule has 0 aromatic rings. The van der Waals surface area contributed by atoms with E-state index in [4.69, 9.17) is 4.74 Å². The summed E-state index contributed by atoms with van der Waals surface area (Å²) in [7, 11) is 0. The zero-order chi connectivity index (χ0) is 14.7. The van der Waals surface area contributed by atoms with Crippen LogP contribution < -0.4 is 5.32 Å². The molecule has 0 saturated carbocycles. The van der Waals surface area contributed by atoms with Gasteiger partial charge in [-0.1, -0.05) is 19.9 Å². The van der Waals surface area contributed by atoms with E-state index in [-0.39, 0.29) is 30.0 Å². The van der Waals surface area contributed by atoms with Crippen molar-refractivity contribution < 1.29 is 14.3 Å². The van der Waals surface area contributed by atoms with Gasteiger partial charge < -0.3 is 15.0 Å². The Balaban J connectivity index is 2.00. The van der Waals surface area contributed by atoms with Gasteiger partial charge in [-0.3, -0.25) is 9.59 Å². The Morgan fingerprint density at radius 3 is 2.90 bits per heavy atom. The highest BCUT2D eigenvalue weighted by atomic mass is 16.5. The Morgan fingerprint density at radius 2 is 2.25 bits per heavy atom. The lowest BCUT2D eigenvalue weighted by Crippen LogP contribution is -2.66. The van der Waals surface area contributed by atoms with Crippen molar-refractivity contribution in [1.29, 1.82) is 0 Å². The van der Waals surface area contributed by atoms with Gasteiger partial charge in [0.2, 0.25) is 11.8 Å². The Labute approximate surface area is 120 Å². The summed E-state index contributed by atoms with van der Waals surface area (Å²) < 4.78 is 5.62. The van der Waals surface area contributed by atoms with Crippen LogP contribution in [0.1, 0.15) is 33.1 Å². The largest absolute Gasteiger partial charge is 0.374 e. The zero-order valence-corrected chi connectivity index (χ0v) is 12.3. The summed E-state index contributed by atoms with van der Waals surface area (Å²) >= 11 is 0. The molecule has 5 heteroatoms. The maximum Gasteiger partial charge on any atom is 0.245 e. The van der Waals surface area contributed by atoms with Crippen molar-refractivity contribution >= 4 is 11.8 Å². The van der Waals surface area contributed by atoms with Gasteiger partial charge in [0.15, 0.2) is 0 Å². The third kappa shape index (κ3) is 3.20. The summed E-state index contributed by atoms with van der Waals surface area (Å²) in [5.41, 5.74) is 0. The summed E-state index contributed by atoms with van der Waals surface area (Å²) in [6, 6.07) is -0.723. The van der Waals surface area contributed by atoms with Crippen LogP contribution in [0.2, 0.25) is 0 Å². The van der Waals surface area contributed by atoms with Crippen LogP contribution in [0.15, 0.2) is 12.7 Å². The fourth-order valence-corrected chi connectivity index (χ4v) is 2.96. The second kappa shape index (κ2) is 6.39. The number of nitrogens with zero attached hydrogens (tertiary/aromatic N) is 1. The van der Waals surface area contributed by atoms with E-state index in [0.29, 0.717) is 31.9 Å². The second-order valence-corrected chi connectivity index (χ2v) is 6.01. The third-order valence-electron chi connectivity index (χ3n) is 3.91. The number of carbonyl (C=O) groups is 2. The van der Waals surface area contributed by atoms with Crippen LogP contribution in [0, 0.1) is 5.92 Å². The summed E-state index contributed by atoms with van der Waals surface area (Å²) in [6.07, 6.45) is 3.81. The van der Waals surface area contributed by atoms with Gasteiger partial charge in [-0.2, -0.15) is 0 Å². The molecule has 20 heavy (non-hydrogen) atoms. The van der Waals surface area contributed by atoms with Gasteiger partial charge in [0, 0.05) is 13.0 Å². The molecule has 0 aromatic carbocycles. The van der Waals surface area contributed by atoms with Crippen molar-refractivity contribution in [2.75, 3.05) is 13.2 Å². The number of nitrogens with one attached hydrogen (secondary N) is 1. The molecule has 2 amide bonds. The van der Waals surface area contributed by atoms with E-state index < -0.39 is 0 Å². The maximum atomic E-state index is 12.4. The van der Waals surface area contributed by atoms with Crippen molar-refractivity contribution in [3.05, 3.63) is 12.7 Å². The lowest BCUT2D eigenvalue weighted by Gasteiger charge is -2.44. The van der Waals surface area contributed by atoms with Crippen molar-refractivity contribution in [1.82, 2.24) is 10.2 Å². The summed E-state index contributed by atoms with van der Waals surface area (Å²) in [5, 5.41) is 2.87. The van der Waals surface area contributed by atoms with E-state index in [1.807, 2.05) is 0 Å². The first-order valence-electron chi connectivity index (χ1n) is 7.36. The maximum absolute atomic E-state index is 12.4. The molecule has 0 unspecified atom stereocenters. The van der Waals surface area contributed by atoms with Crippen LogP contribution in [0.5, 0.6) is 0 Å². The van der Waals surface area contributed by atoms with Crippen molar-refractivity contribution in [3.8, 4) is 0 Å². The quantitative estimate of drug-likeness (QED) is 0.767. The number of carbonyl (C=O) groups excluding carboxylic acids is 2. The molecule has 3 atom stereocenters. The van der Waals surface area contributed by atoms with Gasteiger partial charge in [0.05, 0.1) is 12.7 Å². The summed E-state index contributed by atoms with van der Waals surface area (Å²) in [5.74, 6) is 0.405. The molecule has 0 aromatic heterocycles. The smallest absolute Gasteiger partial charge is 0.245 e. The predicted octanol–water partition coefficient (Wildman–Crippen LogP) is 1.09. The third-order valence-corrected chi connectivity index (χ3v) is 3.91. The second-order valence-electron chi connectivity index (χ2n) is 6.01. The molecule has 0 radical (unpaired) electrons. The number of ether oxygens (including phenoxy) is 1. The fraction of sp³-hybridized carbons (Fsp3) is 0.733. The fourth-order valence-electron chi connectivity index (χ4n) is 2.96. The highest BCUT2D eigenvalue weighted by molar-refractivity contribution is 5.97. The first kappa shape index (κ1) is 15.0. The molecule has 2 saturated heterocycles.